The molecule has 20 heavy (non-hydrogen) atoms. The van der Waals surface area contributed by atoms with Gasteiger partial charge >= 0.3 is 0 Å². The van der Waals surface area contributed by atoms with Gasteiger partial charge in [0.2, 0.25) is 11.8 Å². The predicted molar refractivity (Wildman–Crippen MR) is 80.3 cm³/mol. The number of hydrogen-bond acceptors (Lipinski definition) is 3. The maximum absolute atomic E-state index is 12.3. The highest BCUT2D eigenvalue weighted by atomic mass is 16.2. The third-order valence-electron chi connectivity index (χ3n) is 3.91. The van der Waals surface area contributed by atoms with Gasteiger partial charge in [0.25, 0.3) is 0 Å². The Morgan fingerprint density at radius 2 is 1.65 bits per heavy atom. The van der Waals surface area contributed by atoms with Crippen LogP contribution < -0.4 is 10.6 Å². The average molecular weight is 283 g/mol. The van der Waals surface area contributed by atoms with Crippen LogP contribution in [0.3, 0.4) is 0 Å². The SMILES string of the molecule is CC(=O)N[C@H](C(=O)NC1CCN(C(C)C)CC1)C(C)C. The van der Waals surface area contributed by atoms with Gasteiger partial charge in [-0.2, -0.15) is 0 Å². The van der Waals surface area contributed by atoms with E-state index in [1.54, 1.807) is 0 Å². The Morgan fingerprint density at radius 1 is 1.10 bits per heavy atom. The van der Waals surface area contributed by atoms with Crippen molar-refractivity contribution >= 4 is 11.8 Å². The van der Waals surface area contributed by atoms with E-state index in [1.807, 2.05) is 13.8 Å². The van der Waals surface area contributed by atoms with E-state index in [-0.39, 0.29) is 23.8 Å². The molecule has 2 N–H and O–H groups in total. The van der Waals surface area contributed by atoms with Crippen LogP contribution in [0.5, 0.6) is 0 Å². The molecule has 0 aromatic carbocycles. The summed E-state index contributed by atoms with van der Waals surface area (Å²) in [5.74, 6) is -0.124. The zero-order valence-electron chi connectivity index (χ0n) is 13.4. The highest BCUT2D eigenvalue weighted by Gasteiger charge is 2.27. The maximum atomic E-state index is 12.3. The van der Waals surface area contributed by atoms with E-state index in [4.69, 9.17) is 0 Å². The number of nitrogens with one attached hydrogen (secondary N) is 2. The standard InChI is InChI=1S/C15H29N3O2/c1-10(2)14(16-12(5)19)15(20)17-13-6-8-18(9-7-13)11(3)4/h10-11,13-14H,6-9H2,1-5H3,(H,16,19)(H,17,20)/t14-/m0/s1. The molecule has 1 aliphatic rings. The Bertz CT molecular complexity index is 334. The van der Waals surface area contributed by atoms with Crippen LogP contribution in [0, 0.1) is 5.92 Å². The third-order valence-corrected chi connectivity index (χ3v) is 3.91. The zero-order chi connectivity index (χ0) is 15.3. The average Bonchev–Trinajstić information content (AvgIpc) is 2.35. The number of piperidine rings is 1. The summed E-state index contributed by atoms with van der Waals surface area (Å²) >= 11 is 0. The van der Waals surface area contributed by atoms with Crippen LogP contribution >= 0.6 is 0 Å². The zero-order valence-corrected chi connectivity index (χ0v) is 13.4. The summed E-state index contributed by atoms with van der Waals surface area (Å²) in [6.45, 7) is 11.8. The molecule has 0 spiro atoms. The number of likely N-dealkylation sites (tertiary alicyclic amines) is 1. The van der Waals surface area contributed by atoms with Gasteiger partial charge in [-0.3, -0.25) is 9.59 Å². The van der Waals surface area contributed by atoms with Gasteiger partial charge < -0.3 is 15.5 Å². The largest absolute Gasteiger partial charge is 0.351 e. The monoisotopic (exact) mass is 283 g/mol. The number of carbonyl (C=O) groups is 2. The molecule has 0 bridgehead atoms. The lowest BCUT2D eigenvalue weighted by atomic mass is 10.00. The minimum atomic E-state index is -0.435. The first-order valence-corrected chi connectivity index (χ1v) is 7.62. The molecule has 0 aromatic rings. The van der Waals surface area contributed by atoms with E-state index >= 15 is 0 Å². The Morgan fingerprint density at radius 3 is 2.05 bits per heavy atom. The minimum Gasteiger partial charge on any atom is -0.351 e. The second-order valence-electron chi connectivity index (χ2n) is 6.33. The van der Waals surface area contributed by atoms with Crippen molar-refractivity contribution in [2.45, 2.75) is 65.6 Å². The molecular weight excluding hydrogens is 254 g/mol. The fraction of sp³-hybridized carbons (Fsp3) is 0.867. The van der Waals surface area contributed by atoms with E-state index in [9.17, 15) is 9.59 Å². The van der Waals surface area contributed by atoms with Crippen LogP contribution in [-0.4, -0.2) is 47.9 Å². The number of nitrogens with zero attached hydrogens (tertiary/aromatic N) is 1. The fourth-order valence-electron chi connectivity index (χ4n) is 2.61. The Labute approximate surface area is 122 Å². The number of rotatable bonds is 5. The first-order valence-electron chi connectivity index (χ1n) is 7.62. The first kappa shape index (κ1) is 17.0. The fourth-order valence-corrected chi connectivity index (χ4v) is 2.61. The highest BCUT2D eigenvalue weighted by molar-refractivity contribution is 5.87. The Balaban J connectivity index is 2.47. The second kappa shape index (κ2) is 7.62. The normalized spacial score (nSPS) is 19.1. The molecule has 5 heteroatoms. The Kier molecular flexibility index (Phi) is 6.46. The van der Waals surface area contributed by atoms with E-state index in [0.717, 1.165) is 25.9 Å². The predicted octanol–water partition coefficient (Wildman–Crippen LogP) is 1.14. The number of hydrogen-bond donors (Lipinski definition) is 2. The topological polar surface area (TPSA) is 61.4 Å². The van der Waals surface area contributed by atoms with Gasteiger partial charge in [-0.25, -0.2) is 0 Å². The van der Waals surface area contributed by atoms with Crippen LogP contribution in [0.15, 0.2) is 0 Å². The molecule has 2 amide bonds. The molecule has 0 unspecified atom stereocenters. The van der Waals surface area contributed by atoms with Crippen LogP contribution in [0.4, 0.5) is 0 Å². The van der Waals surface area contributed by atoms with Gasteiger partial charge in [-0.05, 0) is 32.6 Å². The summed E-state index contributed by atoms with van der Waals surface area (Å²) < 4.78 is 0. The van der Waals surface area contributed by atoms with E-state index in [0.29, 0.717) is 6.04 Å². The smallest absolute Gasteiger partial charge is 0.243 e. The summed E-state index contributed by atoms with van der Waals surface area (Å²) in [6, 6.07) is 0.359. The van der Waals surface area contributed by atoms with Crippen molar-refractivity contribution in [2.75, 3.05) is 13.1 Å². The molecule has 0 radical (unpaired) electrons. The van der Waals surface area contributed by atoms with Crippen LogP contribution in [0.1, 0.15) is 47.5 Å². The Hall–Kier alpha value is -1.10. The molecule has 116 valence electrons. The maximum Gasteiger partial charge on any atom is 0.243 e. The molecule has 1 heterocycles. The summed E-state index contributed by atoms with van der Waals surface area (Å²) in [4.78, 5) is 25.9. The van der Waals surface area contributed by atoms with E-state index in [2.05, 4.69) is 29.4 Å². The molecule has 0 aliphatic carbocycles. The van der Waals surface area contributed by atoms with Gasteiger partial charge in [-0.15, -0.1) is 0 Å². The van der Waals surface area contributed by atoms with Gasteiger partial charge in [0.05, 0.1) is 0 Å². The molecule has 5 nitrogen and oxygen atoms in total. The first-order chi connectivity index (χ1) is 9.31. The molecule has 0 aromatic heterocycles. The molecule has 1 fully saturated rings. The van der Waals surface area contributed by atoms with Crippen LogP contribution in [0.2, 0.25) is 0 Å². The van der Waals surface area contributed by atoms with Gasteiger partial charge in [-0.1, -0.05) is 13.8 Å². The van der Waals surface area contributed by atoms with E-state index in [1.165, 1.54) is 6.92 Å². The van der Waals surface area contributed by atoms with Crippen LogP contribution in [0.25, 0.3) is 0 Å². The molecular formula is C15H29N3O2. The summed E-state index contributed by atoms with van der Waals surface area (Å²) in [5.41, 5.74) is 0. The molecule has 1 atom stereocenters. The quantitative estimate of drug-likeness (QED) is 0.795. The second-order valence-corrected chi connectivity index (χ2v) is 6.33. The highest BCUT2D eigenvalue weighted by Crippen LogP contribution is 2.13. The lowest BCUT2D eigenvalue weighted by Gasteiger charge is -2.35. The van der Waals surface area contributed by atoms with Crippen LogP contribution in [-0.2, 0) is 9.59 Å². The number of carbonyl (C=O) groups excluding carboxylic acids is 2. The van der Waals surface area contributed by atoms with Crippen molar-refractivity contribution in [3.05, 3.63) is 0 Å². The summed E-state index contributed by atoms with van der Waals surface area (Å²) in [7, 11) is 0. The minimum absolute atomic E-state index is 0.0572. The summed E-state index contributed by atoms with van der Waals surface area (Å²) in [5, 5.41) is 5.82. The third kappa shape index (κ3) is 5.12. The van der Waals surface area contributed by atoms with Crippen molar-refractivity contribution in [2.24, 2.45) is 5.92 Å². The lowest BCUT2D eigenvalue weighted by molar-refractivity contribution is -0.129. The van der Waals surface area contributed by atoms with Crippen molar-refractivity contribution in [1.29, 1.82) is 0 Å². The van der Waals surface area contributed by atoms with Gasteiger partial charge in [0.15, 0.2) is 0 Å². The van der Waals surface area contributed by atoms with E-state index < -0.39 is 6.04 Å². The van der Waals surface area contributed by atoms with Crippen molar-refractivity contribution in [3.8, 4) is 0 Å². The summed E-state index contributed by atoms with van der Waals surface area (Å²) in [6.07, 6.45) is 1.96. The molecule has 1 aliphatic heterocycles. The molecule has 0 saturated carbocycles. The van der Waals surface area contributed by atoms with Gasteiger partial charge in [0, 0.05) is 32.1 Å². The lowest BCUT2D eigenvalue weighted by Crippen LogP contribution is -2.54. The number of amides is 2. The molecule has 1 rings (SSSR count). The van der Waals surface area contributed by atoms with Crippen molar-refractivity contribution < 1.29 is 9.59 Å². The van der Waals surface area contributed by atoms with Crippen molar-refractivity contribution in [3.63, 3.8) is 0 Å². The molecule has 1 saturated heterocycles. The van der Waals surface area contributed by atoms with Crippen molar-refractivity contribution in [1.82, 2.24) is 15.5 Å². The van der Waals surface area contributed by atoms with Gasteiger partial charge in [0.1, 0.15) is 6.04 Å².